The molecule has 1 aromatic rings. The highest BCUT2D eigenvalue weighted by atomic mass is 35.5. The number of aryl methyl sites for hydroxylation is 1. The lowest BCUT2D eigenvalue weighted by atomic mass is 10.2. The van der Waals surface area contributed by atoms with Crippen LogP contribution in [0.5, 0.6) is 0 Å². The van der Waals surface area contributed by atoms with Crippen molar-refractivity contribution in [2.24, 2.45) is 5.14 Å². The zero-order valence-corrected chi connectivity index (χ0v) is 11.0. The summed E-state index contributed by atoms with van der Waals surface area (Å²) in [4.78, 5) is -0.144. The summed E-state index contributed by atoms with van der Waals surface area (Å²) in [5.74, 6) is 0.224. The first-order valence-electron chi connectivity index (χ1n) is 4.46. The van der Waals surface area contributed by atoms with E-state index < -0.39 is 20.2 Å². The molecule has 0 radical (unpaired) electrons. The number of hydrogen-bond donors (Lipinski definition) is 2. The van der Waals surface area contributed by atoms with Gasteiger partial charge in [0.2, 0.25) is 0 Å². The van der Waals surface area contributed by atoms with Crippen LogP contribution in [-0.4, -0.2) is 22.7 Å². The maximum absolute atomic E-state index is 11.7. The predicted molar refractivity (Wildman–Crippen MR) is 64.3 cm³/mol. The smallest absolute Gasteiger partial charge is 0.215 e. The summed E-state index contributed by atoms with van der Waals surface area (Å²) in [6.45, 7) is 0. The number of nitrogens with one attached hydrogen (secondary N) is 1. The van der Waals surface area contributed by atoms with Crippen LogP contribution in [0.15, 0.2) is 29.2 Å². The third kappa shape index (κ3) is 4.25. The molecule has 0 aromatic heterocycles. The molecule has 0 heterocycles. The van der Waals surface area contributed by atoms with Gasteiger partial charge in [-0.05, 0) is 18.1 Å². The Balaban J connectivity index is 3.24. The second-order valence-electron chi connectivity index (χ2n) is 3.18. The molecule has 0 atom stereocenters. The average Bonchev–Trinajstić information content (AvgIpc) is 2.15. The zero-order chi connectivity index (χ0) is 13.1. The molecule has 0 fully saturated rings. The van der Waals surface area contributed by atoms with Gasteiger partial charge in [0, 0.05) is 5.88 Å². The lowest BCUT2D eigenvalue weighted by molar-refractivity contribution is 0.577. The number of nitrogens with two attached hydrogens (primary N) is 1. The molecule has 0 bridgehead atoms. The van der Waals surface area contributed by atoms with Gasteiger partial charge in [-0.15, -0.1) is 11.6 Å². The van der Waals surface area contributed by atoms with Gasteiger partial charge in [-0.2, -0.15) is 8.42 Å². The van der Waals surface area contributed by atoms with Crippen LogP contribution in [0.25, 0.3) is 0 Å². The minimum absolute atomic E-state index is 0.144. The fourth-order valence-electron chi connectivity index (χ4n) is 1.27. The normalized spacial score (nSPS) is 12.6. The van der Waals surface area contributed by atoms with Crippen molar-refractivity contribution in [1.82, 2.24) is 4.13 Å². The van der Waals surface area contributed by atoms with Gasteiger partial charge in [-0.1, -0.05) is 22.3 Å². The van der Waals surface area contributed by atoms with E-state index in [1.165, 1.54) is 16.3 Å². The monoisotopic (exact) mass is 298 g/mol. The lowest BCUT2D eigenvalue weighted by Gasteiger charge is -2.09. The summed E-state index contributed by atoms with van der Waals surface area (Å²) in [6, 6.07) is 5.96. The maximum atomic E-state index is 11.7. The Hall–Kier alpha value is -0.670. The highest BCUT2D eigenvalue weighted by molar-refractivity contribution is 8.03. The standard InChI is InChI=1S/C8H11ClN2O4S2/c9-6-5-7-3-1-2-4-8(7)16(12,13)11-17(10,14)15/h1-4,11H,5-6H2,(H2,10,14,15). The summed E-state index contributed by atoms with van der Waals surface area (Å²) in [5.41, 5.74) is 0.429. The summed E-state index contributed by atoms with van der Waals surface area (Å²) >= 11 is 5.53. The number of sulfonamides is 1. The van der Waals surface area contributed by atoms with Crippen molar-refractivity contribution in [3.05, 3.63) is 29.8 Å². The number of alkyl halides is 1. The van der Waals surface area contributed by atoms with Crippen molar-refractivity contribution >= 4 is 31.8 Å². The molecule has 9 heteroatoms. The van der Waals surface area contributed by atoms with Gasteiger partial charge in [0.05, 0.1) is 4.90 Å². The Kier molecular flexibility index (Phi) is 4.50. The second-order valence-corrected chi connectivity index (χ2v) is 6.76. The Morgan fingerprint density at radius 3 is 2.29 bits per heavy atom. The number of benzene rings is 1. The Morgan fingerprint density at radius 1 is 1.18 bits per heavy atom. The van der Waals surface area contributed by atoms with Gasteiger partial charge >= 0.3 is 0 Å². The van der Waals surface area contributed by atoms with Gasteiger partial charge in [0.15, 0.2) is 0 Å². The van der Waals surface area contributed by atoms with E-state index in [-0.39, 0.29) is 10.8 Å². The van der Waals surface area contributed by atoms with Crippen LogP contribution in [0.1, 0.15) is 5.56 Å². The molecule has 6 nitrogen and oxygen atoms in total. The van der Waals surface area contributed by atoms with Crippen LogP contribution in [0.3, 0.4) is 0 Å². The van der Waals surface area contributed by atoms with Crippen LogP contribution in [0, 0.1) is 0 Å². The number of hydrogen-bond acceptors (Lipinski definition) is 4. The number of halogens is 1. The first kappa shape index (κ1) is 14.4. The minimum Gasteiger partial charge on any atom is -0.215 e. The topological polar surface area (TPSA) is 106 Å². The van der Waals surface area contributed by atoms with E-state index in [0.29, 0.717) is 12.0 Å². The minimum atomic E-state index is -4.33. The summed E-state index contributed by atoms with van der Waals surface area (Å²) < 4.78 is 46.4. The quantitative estimate of drug-likeness (QED) is 0.743. The van der Waals surface area contributed by atoms with Crippen LogP contribution in [0.4, 0.5) is 0 Å². The molecule has 17 heavy (non-hydrogen) atoms. The van der Waals surface area contributed by atoms with Gasteiger partial charge in [-0.25, -0.2) is 13.6 Å². The van der Waals surface area contributed by atoms with Crippen molar-refractivity contribution in [2.75, 3.05) is 5.88 Å². The molecule has 0 spiro atoms. The molecule has 0 aliphatic heterocycles. The molecule has 96 valence electrons. The highest BCUT2D eigenvalue weighted by Gasteiger charge is 2.22. The molecular formula is C8H11ClN2O4S2. The Morgan fingerprint density at radius 2 is 1.76 bits per heavy atom. The van der Waals surface area contributed by atoms with E-state index >= 15 is 0 Å². The summed E-state index contributed by atoms with van der Waals surface area (Å²) in [7, 11) is -8.53. The molecule has 0 amide bonds. The van der Waals surface area contributed by atoms with Crippen molar-refractivity contribution in [3.63, 3.8) is 0 Å². The van der Waals surface area contributed by atoms with E-state index in [9.17, 15) is 16.8 Å². The fraction of sp³-hybridized carbons (Fsp3) is 0.250. The average molecular weight is 299 g/mol. The maximum Gasteiger partial charge on any atom is 0.287 e. The van der Waals surface area contributed by atoms with Crippen LogP contribution in [0.2, 0.25) is 0 Å². The Bertz CT molecular complexity index is 598. The third-order valence-corrected chi connectivity index (χ3v) is 4.82. The predicted octanol–water partition coefficient (Wildman–Crippen LogP) is -0.0503. The number of rotatable bonds is 5. The van der Waals surface area contributed by atoms with E-state index in [2.05, 4.69) is 5.14 Å². The summed E-state index contributed by atoms with van der Waals surface area (Å²) in [6.07, 6.45) is 0.309. The van der Waals surface area contributed by atoms with Crippen LogP contribution >= 0.6 is 11.6 Å². The first-order chi connectivity index (χ1) is 7.76. The van der Waals surface area contributed by atoms with Crippen LogP contribution in [-0.2, 0) is 26.7 Å². The van der Waals surface area contributed by atoms with Gasteiger partial charge in [0.1, 0.15) is 0 Å². The van der Waals surface area contributed by atoms with Gasteiger partial charge in [-0.3, -0.25) is 0 Å². The molecule has 0 saturated heterocycles. The third-order valence-electron chi connectivity index (χ3n) is 1.85. The van der Waals surface area contributed by atoms with E-state index in [4.69, 9.17) is 11.6 Å². The van der Waals surface area contributed by atoms with Crippen molar-refractivity contribution in [1.29, 1.82) is 0 Å². The first-order valence-corrected chi connectivity index (χ1v) is 8.03. The Labute approximate surface area is 105 Å². The highest BCUT2D eigenvalue weighted by Crippen LogP contribution is 2.16. The van der Waals surface area contributed by atoms with Crippen molar-refractivity contribution in [2.45, 2.75) is 11.3 Å². The van der Waals surface area contributed by atoms with E-state index in [1.54, 1.807) is 12.1 Å². The van der Waals surface area contributed by atoms with Crippen molar-refractivity contribution in [3.8, 4) is 0 Å². The van der Waals surface area contributed by atoms with E-state index in [1.807, 2.05) is 0 Å². The lowest BCUT2D eigenvalue weighted by Crippen LogP contribution is -2.36. The molecular weight excluding hydrogens is 288 g/mol. The molecule has 1 rings (SSSR count). The van der Waals surface area contributed by atoms with Crippen molar-refractivity contribution < 1.29 is 16.8 Å². The zero-order valence-electron chi connectivity index (χ0n) is 8.63. The van der Waals surface area contributed by atoms with Gasteiger partial charge in [0.25, 0.3) is 20.2 Å². The van der Waals surface area contributed by atoms with E-state index in [0.717, 1.165) is 0 Å². The molecule has 1 aromatic carbocycles. The molecule has 3 N–H and O–H groups in total. The molecule has 0 saturated carbocycles. The SMILES string of the molecule is NS(=O)(=O)NS(=O)(=O)c1ccccc1CCCl. The van der Waals surface area contributed by atoms with Gasteiger partial charge < -0.3 is 0 Å². The fourth-order valence-corrected chi connectivity index (χ4v) is 3.83. The summed E-state index contributed by atoms with van der Waals surface area (Å²) in [5, 5.41) is 4.64. The molecule has 0 unspecified atom stereocenters. The molecule has 0 aliphatic rings. The second kappa shape index (κ2) is 5.32. The largest absolute Gasteiger partial charge is 0.287 e. The molecule has 0 aliphatic carbocycles. The van der Waals surface area contributed by atoms with Crippen LogP contribution < -0.4 is 9.27 Å².